The Hall–Kier alpha value is -1.95. The highest BCUT2D eigenvalue weighted by atomic mass is 16.4. The molecule has 0 aliphatic heterocycles. The lowest BCUT2D eigenvalue weighted by molar-refractivity contribution is 0.474. The van der Waals surface area contributed by atoms with Crippen molar-refractivity contribution in [1.82, 2.24) is 20.5 Å². The van der Waals surface area contributed by atoms with Crippen LogP contribution in [0.4, 0.5) is 6.01 Å². The number of hydrogen-bond donors (Lipinski definition) is 2. The van der Waals surface area contributed by atoms with E-state index in [1.54, 1.807) is 6.20 Å². The molecule has 2 rings (SSSR count). The van der Waals surface area contributed by atoms with Gasteiger partial charge < -0.3 is 15.1 Å². The van der Waals surface area contributed by atoms with Crippen LogP contribution in [0.2, 0.25) is 0 Å². The first kappa shape index (κ1) is 13.5. The van der Waals surface area contributed by atoms with Gasteiger partial charge in [-0.3, -0.25) is 4.98 Å². The summed E-state index contributed by atoms with van der Waals surface area (Å²) in [6, 6.07) is 4.42. The van der Waals surface area contributed by atoms with Gasteiger partial charge in [0.05, 0.1) is 12.6 Å². The Balaban J connectivity index is 1.89. The Morgan fingerprint density at radius 1 is 1.37 bits per heavy atom. The summed E-state index contributed by atoms with van der Waals surface area (Å²) in [5.74, 6) is 0.592. The summed E-state index contributed by atoms with van der Waals surface area (Å²) in [4.78, 5) is 4.09. The fourth-order valence-electron chi connectivity index (χ4n) is 1.66. The van der Waals surface area contributed by atoms with E-state index < -0.39 is 0 Å². The monoisotopic (exact) mass is 261 g/mol. The molecule has 0 bridgehead atoms. The molecule has 1 atom stereocenters. The van der Waals surface area contributed by atoms with E-state index in [1.165, 1.54) is 0 Å². The summed E-state index contributed by atoms with van der Waals surface area (Å²) < 4.78 is 5.51. The largest absolute Gasteiger partial charge is 0.407 e. The predicted molar refractivity (Wildman–Crippen MR) is 72.6 cm³/mol. The fraction of sp³-hybridized carbons (Fsp3) is 0.462. The second kappa shape index (κ2) is 6.84. The molecule has 2 aromatic rings. The van der Waals surface area contributed by atoms with Crippen molar-refractivity contribution in [2.45, 2.75) is 32.9 Å². The first-order valence-electron chi connectivity index (χ1n) is 6.49. The van der Waals surface area contributed by atoms with E-state index in [-0.39, 0.29) is 6.04 Å². The van der Waals surface area contributed by atoms with Crippen LogP contribution in [-0.2, 0) is 6.54 Å². The molecule has 0 fully saturated rings. The van der Waals surface area contributed by atoms with Crippen molar-refractivity contribution in [3.8, 4) is 0 Å². The minimum absolute atomic E-state index is 0.0746. The lowest BCUT2D eigenvalue weighted by atomic mass is 10.1. The zero-order chi connectivity index (χ0) is 13.5. The van der Waals surface area contributed by atoms with Gasteiger partial charge in [0.1, 0.15) is 0 Å². The number of rotatable bonds is 7. The first-order valence-corrected chi connectivity index (χ1v) is 6.49. The Morgan fingerprint density at radius 3 is 3.00 bits per heavy atom. The van der Waals surface area contributed by atoms with E-state index in [0.717, 1.165) is 18.5 Å². The first-order chi connectivity index (χ1) is 9.29. The van der Waals surface area contributed by atoms with E-state index in [4.69, 9.17) is 4.42 Å². The quantitative estimate of drug-likeness (QED) is 0.744. The van der Waals surface area contributed by atoms with Gasteiger partial charge in [-0.25, -0.2) is 0 Å². The van der Waals surface area contributed by atoms with Gasteiger partial charge in [0.15, 0.2) is 0 Å². The van der Waals surface area contributed by atoms with Crippen molar-refractivity contribution in [3.05, 3.63) is 36.0 Å². The van der Waals surface area contributed by atoms with Gasteiger partial charge in [0.25, 0.3) is 0 Å². The van der Waals surface area contributed by atoms with E-state index in [2.05, 4.69) is 32.7 Å². The molecule has 0 spiro atoms. The van der Waals surface area contributed by atoms with Crippen molar-refractivity contribution in [2.24, 2.45) is 0 Å². The van der Waals surface area contributed by atoms with Crippen LogP contribution in [0, 0.1) is 0 Å². The molecule has 0 radical (unpaired) electrons. The van der Waals surface area contributed by atoms with Gasteiger partial charge >= 0.3 is 6.01 Å². The summed E-state index contributed by atoms with van der Waals surface area (Å²) >= 11 is 0. The zero-order valence-electron chi connectivity index (χ0n) is 11.3. The molecule has 0 saturated heterocycles. The van der Waals surface area contributed by atoms with Crippen LogP contribution in [-0.4, -0.2) is 21.7 Å². The molecular formula is C13H19N5O. The Bertz CT molecular complexity index is 485. The molecule has 2 N–H and O–H groups in total. The maximum Gasteiger partial charge on any atom is 0.315 e. The molecule has 19 heavy (non-hydrogen) atoms. The van der Waals surface area contributed by atoms with Gasteiger partial charge in [-0.15, -0.1) is 5.10 Å². The fourth-order valence-corrected chi connectivity index (χ4v) is 1.66. The molecule has 0 aromatic carbocycles. The van der Waals surface area contributed by atoms with Crippen molar-refractivity contribution in [1.29, 1.82) is 0 Å². The Kier molecular flexibility index (Phi) is 4.85. The lowest BCUT2D eigenvalue weighted by Crippen LogP contribution is -2.13. The van der Waals surface area contributed by atoms with Crippen LogP contribution in [0.1, 0.15) is 37.8 Å². The van der Waals surface area contributed by atoms with Gasteiger partial charge in [0, 0.05) is 12.4 Å². The maximum absolute atomic E-state index is 5.51. The molecule has 0 aliphatic carbocycles. The Morgan fingerprint density at radius 2 is 2.26 bits per heavy atom. The summed E-state index contributed by atoms with van der Waals surface area (Å²) in [5, 5.41) is 14.3. The van der Waals surface area contributed by atoms with Crippen molar-refractivity contribution in [3.63, 3.8) is 0 Å². The number of nitrogens with zero attached hydrogens (tertiary/aromatic N) is 3. The summed E-state index contributed by atoms with van der Waals surface area (Å²) in [6.45, 7) is 5.68. The van der Waals surface area contributed by atoms with Gasteiger partial charge in [-0.1, -0.05) is 18.1 Å². The average Bonchev–Trinajstić information content (AvgIpc) is 2.88. The molecule has 102 valence electrons. The molecule has 0 amide bonds. The molecule has 0 saturated carbocycles. The molecule has 1 unspecified atom stereocenters. The third-order valence-electron chi connectivity index (χ3n) is 2.69. The minimum atomic E-state index is 0.0746. The van der Waals surface area contributed by atoms with E-state index in [1.807, 2.05) is 25.3 Å². The van der Waals surface area contributed by atoms with E-state index in [0.29, 0.717) is 18.5 Å². The molecule has 2 aromatic heterocycles. The number of aromatic nitrogens is 3. The molecule has 6 nitrogen and oxygen atoms in total. The summed E-state index contributed by atoms with van der Waals surface area (Å²) in [6.07, 6.45) is 4.65. The maximum atomic E-state index is 5.51. The highest BCUT2D eigenvalue weighted by Gasteiger charge is 2.10. The van der Waals surface area contributed by atoms with Crippen LogP contribution in [0.15, 0.2) is 28.9 Å². The van der Waals surface area contributed by atoms with Crippen molar-refractivity contribution >= 4 is 6.01 Å². The summed E-state index contributed by atoms with van der Waals surface area (Å²) in [5.41, 5.74) is 1.08. The standard InChI is InChI=1S/C13H19N5O/c1-3-6-14-9-12-17-18-13(19-12)16-10(2)11-5-4-7-15-8-11/h4-5,7-8,10,14H,3,6,9H2,1-2H3,(H,16,18). The average molecular weight is 261 g/mol. The topological polar surface area (TPSA) is 75.9 Å². The van der Waals surface area contributed by atoms with Gasteiger partial charge in [-0.2, -0.15) is 0 Å². The lowest BCUT2D eigenvalue weighted by Gasteiger charge is -2.10. The Labute approximate surface area is 112 Å². The number of hydrogen-bond acceptors (Lipinski definition) is 6. The smallest absolute Gasteiger partial charge is 0.315 e. The van der Waals surface area contributed by atoms with Gasteiger partial charge in [0.2, 0.25) is 5.89 Å². The van der Waals surface area contributed by atoms with E-state index in [9.17, 15) is 0 Å². The zero-order valence-corrected chi connectivity index (χ0v) is 11.3. The number of nitrogens with one attached hydrogen (secondary N) is 2. The molecule has 6 heteroatoms. The van der Waals surface area contributed by atoms with Crippen LogP contribution in [0.5, 0.6) is 0 Å². The van der Waals surface area contributed by atoms with Crippen LogP contribution in [0.3, 0.4) is 0 Å². The van der Waals surface area contributed by atoms with Crippen molar-refractivity contribution < 1.29 is 4.42 Å². The predicted octanol–water partition coefficient (Wildman–Crippen LogP) is 2.14. The summed E-state index contributed by atoms with van der Waals surface area (Å²) in [7, 11) is 0. The SMILES string of the molecule is CCCNCc1nnc(NC(C)c2cccnc2)o1. The molecule has 2 heterocycles. The van der Waals surface area contributed by atoms with Crippen LogP contribution in [0.25, 0.3) is 0 Å². The highest BCUT2D eigenvalue weighted by Crippen LogP contribution is 2.16. The third-order valence-corrected chi connectivity index (χ3v) is 2.69. The van der Waals surface area contributed by atoms with Crippen LogP contribution < -0.4 is 10.6 Å². The third kappa shape index (κ3) is 4.03. The minimum Gasteiger partial charge on any atom is -0.407 e. The molecule has 0 aliphatic rings. The normalized spacial score (nSPS) is 12.3. The number of anilines is 1. The van der Waals surface area contributed by atoms with Crippen LogP contribution >= 0.6 is 0 Å². The van der Waals surface area contributed by atoms with Gasteiger partial charge in [-0.05, 0) is 31.5 Å². The second-order valence-corrected chi connectivity index (χ2v) is 4.33. The van der Waals surface area contributed by atoms with E-state index >= 15 is 0 Å². The second-order valence-electron chi connectivity index (χ2n) is 4.33. The highest BCUT2D eigenvalue weighted by molar-refractivity contribution is 5.26. The number of pyridine rings is 1. The molecular weight excluding hydrogens is 242 g/mol. The van der Waals surface area contributed by atoms with Crippen molar-refractivity contribution in [2.75, 3.05) is 11.9 Å².